The van der Waals surface area contributed by atoms with E-state index >= 15 is 0 Å². The van der Waals surface area contributed by atoms with Crippen LogP contribution in [0.3, 0.4) is 0 Å². The Labute approximate surface area is 141 Å². The number of aliphatic hydroxyl groups is 1. The van der Waals surface area contributed by atoms with E-state index in [9.17, 15) is 14.3 Å². The van der Waals surface area contributed by atoms with E-state index in [1.165, 1.54) is 18.2 Å². The van der Waals surface area contributed by atoms with Crippen LogP contribution in [0.4, 0.5) is 10.1 Å². The maximum absolute atomic E-state index is 13.2. The Morgan fingerprint density at radius 2 is 1.96 bits per heavy atom. The Morgan fingerprint density at radius 3 is 2.67 bits per heavy atom. The van der Waals surface area contributed by atoms with Gasteiger partial charge in [0.2, 0.25) is 5.91 Å². The van der Waals surface area contributed by atoms with Crippen molar-refractivity contribution < 1.29 is 19.0 Å². The fourth-order valence-corrected chi connectivity index (χ4v) is 2.16. The van der Waals surface area contributed by atoms with Crippen LogP contribution in [0.2, 0.25) is 0 Å². The molecule has 0 aromatic heterocycles. The first kappa shape index (κ1) is 17.9. The number of amides is 1. The Bertz CT molecular complexity index is 688. The van der Waals surface area contributed by atoms with Crippen LogP contribution >= 0.6 is 0 Å². The van der Waals surface area contributed by atoms with Crippen molar-refractivity contribution in [2.24, 2.45) is 5.92 Å². The maximum Gasteiger partial charge on any atom is 0.227 e. The van der Waals surface area contributed by atoms with Crippen molar-refractivity contribution >= 4 is 11.6 Å². The minimum absolute atomic E-state index is 0.165. The molecule has 2 aromatic carbocycles. The third-order valence-corrected chi connectivity index (χ3v) is 3.35. The molecule has 0 aliphatic carbocycles. The van der Waals surface area contributed by atoms with E-state index in [0.29, 0.717) is 29.5 Å². The summed E-state index contributed by atoms with van der Waals surface area (Å²) in [6.45, 7) is 4.62. The molecule has 1 amide bonds. The highest BCUT2D eigenvalue weighted by molar-refractivity contribution is 5.92. The molecule has 0 aliphatic heterocycles. The summed E-state index contributed by atoms with van der Waals surface area (Å²) in [5.74, 6) is 0.134. The highest BCUT2D eigenvalue weighted by atomic mass is 19.1. The zero-order valence-electron chi connectivity index (χ0n) is 13.8. The quantitative estimate of drug-likeness (QED) is 0.808. The summed E-state index contributed by atoms with van der Waals surface area (Å²) in [4.78, 5) is 12.2. The van der Waals surface area contributed by atoms with E-state index in [0.717, 1.165) is 0 Å². The van der Waals surface area contributed by atoms with Crippen LogP contribution in [0.5, 0.6) is 5.75 Å². The Morgan fingerprint density at radius 1 is 1.21 bits per heavy atom. The molecule has 2 rings (SSSR count). The van der Waals surface area contributed by atoms with Crippen LogP contribution in [-0.4, -0.2) is 17.6 Å². The van der Waals surface area contributed by atoms with E-state index in [-0.39, 0.29) is 12.3 Å². The second-order valence-corrected chi connectivity index (χ2v) is 6.02. The van der Waals surface area contributed by atoms with Gasteiger partial charge in [-0.05, 0) is 35.7 Å². The van der Waals surface area contributed by atoms with E-state index < -0.39 is 11.9 Å². The highest BCUT2D eigenvalue weighted by Gasteiger charge is 2.15. The van der Waals surface area contributed by atoms with Crippen LogP contribution in [0.15, 0.2) is 48.5 Å². The molecule has 24 heavy (non-hydrogen) atoms. The van der Waals surface area contributed by atoms with Crippen LogP contribution in [0.1, 0.15) is 31.9 Å². The van der Waals surface area contributed by atoms with Gasteiger partial charge in [-0.1, -0.05) is 38.1 Å². The number of hydrogen-bond donors (Lipinski definition) is 2. The van der Waals surface area contributed by atoms with Crippen molar-refractivity contribution in [1.29, 1.82) is 0 Å². The minimum Gasteiger partial charge on any atom is -0.491 e. The number of halogens is 1. The molecule has 5 heteroatoms. The van der Waals surface area contributed by atoms with Gasteiger partial charge in [-0.25, -0.2) is 4.39 Å². The molecule has 2 N–H and O–H groups in total. The van der Waals surface area contributed by atoms with Gasteiger partial charge in [0.05, 0.1) is 24.8 Å². The lowest BCUT2D eigenvalue weighted by atomic mass is 10.1. The van der Waals surface area contributed by atoms with Gasteiger partial charge in [-0.2, -0.15) is 0 Å². The standard InChI is InChI=1S/C19H22FNO3/c1-13(2)12-24-18-9-4-3-8-16(18)21-19(23)11-17(22)14-6-5-7-15(20)10-14/h3-10,13,17,22H,11-12H2,1-2H3,(H,21,23). The van der Waals surface area contributed by atoms with Crippen LogP contribution in [0, 0.1) is 11.7 Å². The Balaban J connectivity index is 1.99. The van der Waals surface area contributed by atoms with Crippen molar-refractivity contribution in [1.82, 2.24) is 0 Å². The molecule has 1 atom stereocenters. The number of carbonyl (C=O) groups excluding carboxylic acids is 1. The number of para-hydroxylation sites is 2. The van der Waals surface area contributed by atoms with Crippen molar-refractivity contribution in [3.63, 3.8) is 0 Å². The largest absolute Gasteiger partial charge is 0.491 e. The van der Waals surface area contributed by atoms with Gasteiger partial charge in [0.15, 0.2) is 0 Å². The third-order valence-electron chi connectivity index (χ3n) is 3.35. The summed E-state index contributed by atoms with van der Waals surface area (Å²) in [6, 6.07) is 12.7. The van der Waals surface area contributed by atoms with Crippen LogP contribution in [0.25, 0.3) is 0 Å². The summed E-state index contributed by atoms with van der Waals surface area (Å²) in [7, 11) is 0. The molecule has 0 radical (unpaired) electrons. The lowest BCUT2D eigenvalue weighted by Gasteiger charge is -2.15. The summed E-state index contributed by atoms with van der Waals surface area (Å²) in [5.41, 5.74) is 0.920. The van der Waals surface area contributed by atoms with Crippen LogP contribution in [-0.2, 0) is 4.79 Å². The molecule has 0 spiro atoms. The number of carbonyl (C=O) groups is 1. The summed E-state index contributed by atoms with van der Waals surface area (Å²) < 4.78 is 18.9. The number of benzene rings is 2. The van der Waals surface area contributed by atoms with Crippen molar-refractivity contribution in [2.75, 3.05) is 11.9 Å². The normalized spacial score (nSPS) is 12.0. The van der Waals surface area contributed by atoms with E-state index in [2.05, 4.69) is 5.32 Å². The molecular weight excluding hydrogens is 309 g/mol. The second-order valence-electron chi connectivity index (χ2n) is 6.02. The van der Waals surface area contributed by atoms with E-state index in [1.54, 1.807) is 24.3 Å². The predicted molar refractivity (Wildman–Crippen MR) is 91.4 cm³/mol. The van der Waals surface area contributed by atoms with Gasteiger partial charge < -0.3 is 15.2 Å². The molecule has 1 unspecified atom stereocenters. The van der Waals surface area contributed by atoms with Crippen LogP contribution < -0.4 is 10.1 Å². The number of anilines is 1. The molecule has 0 saturated heterocycles. The fraction of sp³-hybridized carbons (Fsp3) is 0.316. The highest BCUT2D eigenvalue weighted by Crippen LogP contribution is 2.25. The number of rotatable bonds is 7. The topological polar surface area (TPSA) is 58.6 Å². The Kier molecular flexibility index (Phi) is 6.32. The first-order chi connectivity index (χ1) is 11.5. The van der Waals surface area contributed by atoms with Gasteiger partial charge >= 0.3 is 0 Å². The van der Waals surface area contributed by atoms with Gasteiger partial charge in [-0.3, -0.25) is 4.79 Å². The summed E-state index contributed by atoms with van der Waals surface area (Å²) >= 11 is 0. The summed E-state index contributed by atoms with van der Waals surface area (Å²) in [5, 5.41) is 12.8. The number of nitrogens with one attached hydrogen (secondary N) is 1. The molecular formula is C19H22FNO3. The SMILES string of the molecule is CC(C)COc1ccccc1NC(=O)CC(O)c1cccc(F)c1. The first-order valence-electron chi connectivity index (χ1n) is 7.91. The fourth-order valence-electron chi connectivity index (χ4n) is 2.16. The molecule has 128 valence electrons. The van der Waals surface area contributed by atoms with Crippen molar-refractivity contribution in [3.05, 3.63) is 59.9 Å². The zero-order chi connectivity index (χ0) is 17.5. The molecule has 0 aliphatic rings. The van der Waals surface area contributed by atoms with Crippen molar-refractivity contribution in [3.8, 4) is 5.75 Å². The number of hydrogen-bond acceptors (Lipinski definition) is 3. The second kappa shape index (κ2) is 8.45. The molecule has 0 saturated carbocycles. The smallest absolute Gasteiger partial charge is 0.227 e. The molecule has 2 aromatic rings. The van der Waals surface area contributed by atoms with Gasteiger partial charge in [0, 0.05) is 0 Å². The Hall–Kier alpha value is -2.40. The zero-order valence-corrected chi connectivity index (χ0v) is 13.8. The average Bonchev–Trinajstić information content (AvgIpc) is 2.53. The lowest BCUT2D eigenvalue weighted by Crippen LogP contribution is -2.16. The minimum atomic E-state index is -1.07. The molecule has 0 fully saturated rings. The maximum atomic E-state index is 13.2. The van der Waals surface area contributed by atoms with Crippen molar-refractivity contribution in [2.45, 2.75) is 26.4 Å². The van der Waals surface area contributed by atoms with E-state index in [4.69, 9.17) is 4.74 Å². The molecule has 0 bridgehead atoms. The van der Waals surface area contributed by atoms with Gasteiger partial charge in [-0.15, -0.1) is 0 Å². The summed E-state index contributed by atoms with van der Waals surface area (Å²) in [6.07, 6.45) is -1.23. The average molecular weight is 331 g/mol. The van der Waals surface area contributed by atoms with Gasteiger partial charge in [0.25, 0.3) is 0 Å². The third kappa shape index (κ3) is 5.35. The van der Waals surface area contributed by atoms with Gasteiger partial charge in [0.1, 0.15) is 11.6 Å². The van der Waals surface area contributed by atoms with E-state index in [1.807, 2.05) is 19.9 Å². The first-order valence-corrected chi connectivity index (χ1v) is 7.91. The number of aliphatic hydroxyl groups excluding tert-OH is 1. The monoisotopic (exact) mass is 331 g/mol. The lowest BCUT2D eigenvalue weighted by molar-refractivity contribution is -0.118. The predicted octanol–water partition coefficient (Wildman–Crippen LogP) is 3.92. The number of ether oxygens (including phenoxy) is 1. The molecule has 0 heterocycles. The molecule has 4 nitrogen and oxygen atoms in total.